The summed E-state index contributed by atoms with van der Waals surface area (Å²) in [6.07, 6.45) is 8.19. The van der Waals surface area contributed by atoms with E-state index in [9.17, 15) is 14.7 Å². The summed E-state index contributed by atoms with van der Waals surface area (Å²) in [6.45, 7) is 3.39. The predicted molar refractivity (Wildman–Crippen MR) is 157 cm³/mol. The molecule has 0 saturated heterocycles. The van der Waals surface area contributed by atoms with Crippen LogP contribution in [0.15, 0.2) is 90.1 Å². The molecule has 5 aromatic rings. The second kappa shape index (κ2) is 11.8. The third-order valence-electron chi connectivity index (χ3n) is 7.20. The first-order valence-corrected chi connectivity index (χ1v) is 13.7. The number of fused-ring (bicyclic) bond motifs is 1. The molecule has 0 aliphatic heterocycles. The molecule has 3 aromatic heterocycles. The average Bonchev–Trinajstić information content (AvgIpc) is 3.37. The van der Waals surface area contributed by atoms with Crippen molar-refractivity contribution in [3.05, 3.63) is 118 Å². The predicted octanol–water partition coefficient (Wildman–Crippen LogP) is 5.39. The molecule has 2 aromatic carbocycles. The lowest BCUT2D eigenvalue weighted by molar-refractivity contribution is -0.119. The SMILES string of the molecule is CC(C)(O)c1cccc(-c2cnc(CCCc3ccccc3)c(=O)n2CC(=O)CCc2cc3cnccc3[nH]2)c1. The molecule has 0 fully saturated rings. The van der Waals surface area contributed by atoms with Gasteiger partial charge in [0.05, 0.1) is 24.0 Å². The summed E-state index contributed by atoms with van der Waals surface area (Å²) < 4.78 is 1.55. The second-order valence-corrected chi connectivity index (χ2v) is 10.8. The van der Waals surface area contributed by atoms with E-state index in [4.69, 9.17) is 0 Å². The van der Waals surface area contributed by atoms with E-state index < -0.39 is 5.60 Å². The van der Waals surface area contributed by atoms with Crippen LogP contribution in [0, 0.1) is 0 Å². The monoisotopic (exact) mass is 534 g/mol. The van der Waals surface area contributed by atoms with Crippen molar-refractivity contribution in [2.24, 2.45) is 0 Å². The van der Waals surface area contributed by atoms with E-state index in [-0.39, 0.29) is 17.9 Å². The molecule has 204 valence electrons. The highest BCUT2D eigenvalue weighted by molar-refractivity contribution is 5.81. The van der Waals surface area contributed by atoms with Crippen LogP contribution in [0.5, 0.6) is 0 Å². The van der Waals surface area contributed by atoms with Gasteiger partial charge in [0.25, 0.3) is 5.56 Å². The van der Waals surface area contributed by atoms with Gasteiger partial charge in [-0.25, -0.2) is 0 Å². The quantitative estimate of drug-likeness (QED) is 0.237. The minimum absolute atomic E-state index is 0.0415. The van der Waals surface area contributed by atoms with Crippen LogP contribution in [-0.2, 0) is 36.2 Å². The Balaban J connectivity index is 1.40. The van der Waals surface area contributed by atoms with Gasteiger partial charge < -0.3 is 10.1 Å². The number of pyridine rings is 1. The lowest BCUT2D eigenvalue weighted by Crippen LogP contribution is -2.30. The van der Waals surface area contributed by atoms with Gasteiger partial charge in [0.15, 0.2) is 5.78 Å². The standard InChI is InChI=1S/C33H34N4O3/c1-33(2,40)26-12-7-11-24(18-26)31-21-35-30(13-6-10-23-8-4-3-5-9-23)32(39)37(31)22-28(38)15-14-27-19-25-20-34-17-16-29(25)36-27/h3-5,7-9,11-12,16-21,36,40H,6,10,13-15,22H2,1-2H3. The highest BCUT2D eigenvalue weighted by Crippen LogP contribution is 2.26. The van der Waals surface area contributed by atoms with Gasteiger partial charge >= 0.3 is 0 Å². The Labute approximate surface area is 233 Å². The van der Waals surface area contributed by atoms with Gasteiger partial charge in [-0.2, -0.15) is 0 Å². The molecule has 0 bridgehead atoms. The van der Waals surface area contributed by atoms with E-state index in [2.05, 4.69) is 27.1 Å². The number of nitrogens with one attached hydrogen (secondary N) is 1. The molecule has 0 aliphatic carbocycles. The summed E-state index contributed by atoms with van der Waals surface area (Å²) >= 11 is 0. The highest BCUT2D eigenvalue weighted by atomic mass is 16.3. The average molecular weight is 535 g/mol. The topological polar surface area (TPSA) is 101 Å². The van der Waals surface area contributed by atoms with Crippen LogP contribution < -0.4 is 5.56 Å². The van der Waals surface area contributed by atoms with Crippen LogP contribution in [0.25, 0.3) is 22.2 Å². The van der Waals surface area contributed by atoms with Crippen molar-refractivity contribution in [3.63, 3.8) is 0 Å². The lowest BCUT2D eigenvalue weighted by Gasteiger charge is -2.20. The molecule has 3 heterocycles. The summed E-state index contributed by atoms with van der Waals surface area (Å²) in [5.41, 5.74) is 4.33. The zero-order valence-electron chi connectivity index (χ0n) is 22.9. The number of rotatable bonds is 11. The van der Waals surface area contributed by atoms with Crippen molar-refractivity contribution in [1.82, 2.24) is 19.5 Å². The van der Waals surface area contributed by atoms with E-state index in [1.54, 1.807) is 37.0 Å². The Hall–Kier alpha value is -4.36. The van der Waals surface area contributed by atoms with Crippen LogP contribution in [0.1, 0.15) is 49.2 Å². The van der Waals surface area contributed by atoms with Gasteiger partial charge in [-0.3, -0.25) is 24.1 Å². The first-order valence-electron chi connectivity index (χ1n) is 13.7. The van der Waals surface area contributed by atoms with Gasteiger partial charge in [0.2, 0.25) is 0 Å². The number of aliphatic hydroxyl groups is 1. The molecular formula is C33H34N4O3. The lowest BCUT2D eigenvalue weighted by atomic mass is 9.95. The number of aryl methyl sites for hydroxylation is 3. The van der Waals surface area contributed by atoms with Crippen LogP contribution in [0.3, 0.4) is 0 Å². The van der Waals surface area contributed by atoms with Gasteiger partial charge in [0, 0.05) is 41.0 Å². The molecule has 0 saturated carbocycles. The number of carbonyl (C=O) groups is 1. The van der Waals surface area contributed by atoms with Crippen molar-refractivity contribution in [2.75, 3.05) is 0 Å². The number of Topliss-reactive ketones (excluding diaryl/α,β-unsaturated/α-hetero) is 1. The molecule has 0 radical (unpaired) electrons. The molecule has 0 unspecified atom stereocenters. The number of hydrogen-bond donors (Lipinski definition) is 2. The van der Waals surface area contributed by atoms with E-state index in [0.717, 1.165) is 40.6 Å². The smallest absolute Gasteiger partial charge is 0.273 e. The number of carbonyl (C=O) groups excluding carboxylic acids is 1. The summed E-state index contributed by atoms with van der Waals surface area (Å²) in [5.74, 6) is -0.0415. The van der Waals surface area contributed by atoms with Gasteiger partial charge in [-0.1, -0.05) is 48.5 Å². The molecule has 0 aliphatic rings. The van der Waals surface area contributed by atoms with Crippen LogP contribution in [-0.4, -0.2) is 30.4 Å². The maximum atomic E-state index is 13.7. The van der Waals surface area contributed by atoms with Crippen molar-refractivity contribution in [1.29, 1.82) is 0 Å². The Morgan fingerprint density at radius 1 is 0.975 bits per heavy atom. The van der Waals surface area contributed by atoms with Crippen molar-refractivity contribution in [2.45, 2.75) is 58.1 Å². The maximum Gasteiger partial charge on any atom is 0.273 e. The van der Waals surface area contributed by atoms with Gasteiger partial charge in [-0.15, -0.1) is 0 Å². The van der Waals surface area contributed by atoms with E-state index in [0.29, 0.717) is 30.7 Å². The summed E-state index contributed by atoms with van der Waals surface area (Å²) in [4.78, 5) is 39.0. The summed E-state index contributed by atoms with van der Waals surface area (Å²) in [6, 6.07) is 21.5. The normalized spacial score (nSPS) is 11.7. The molecule has 5 rings (SSSR count). The van der Waals surface area contributed by atoms with Crippen molar-refractivity contribution < 1.29 is 9.90 Å². The van der Waals surface area contributed by atoms with E-state index in [1.807, 2.05) is 54.6 Å². The fourth-order valence-corrected chi connectivity index (χ4v) is 4.95. The Morgan fingerprint density at radius 2 is 1.80 bits per heavy atom. The fraction of sp³-hybridized carbons (Fsp3) is 0.273. The summed E-state index contributed by atoms with van der Waals surface area (Å²) in [5, 5.41) is 11.6. The molecule has 2 N–H and O–H groups in total. The fourth-order valence-electron chi connectivity index (χ4n) is 4.95. The number of nitrogens with zero attached hydrogens (tertiary/aromatic N) is 3. The Kier molecular flexibility index (Phi) is 8.03. The molecule has 0 spiro atoms. The minimum Gasteiger partial charge on any atom is -0.386 e. The van der Waals surface area contributed by atoms with Crippen LogP contribution >= 0.6 is 0 Å². The molecule has 7 nitrogen and oxygen atoms in total. The van der Waals surface area contributed by atoms with Crippen molar-refractivity contribution in [3.8, 4) is 11.3 Å². The number of H-pyrrole nitrogens is 1. The molecular weight excluding hydrogens is 500 g/mol. The van der Waals surface area contributed by atoms with Crippen LogP contribution in [0.4, 0.5) is 0 Å². The largest absolute Gasteiger partial charge is 0.386 e. The molecule has 0 atom stereocenters. The third-order valence-corrected chi connectivity index (χ3v) is 7.20. The number of aromatic amines is 1. The number of aromatic nitrogens is 4. The van der Waals surface area contributed by atoms with Crippen LogP contribution in [0.2, 0.25) is 0 Å². The van der Waals surface area contributed by atoms with E-state index in [1.165, 1.54) is 5.56 Å². The number of benzene rings is 2. The summed E-state index contributed by atoms with van der Waals surface area (Å²) in [7, 11) is 0. The molecule has 7 heteroatoms. The zero-order valence-corrected chi connectivity index (χ0v) is 22.9. The number of hydrogen-bond acceptors (Lipinski definition) is 5. The number of ketones is 1. The van der Waals surface area contributed by atoms with Crippen molar-refractivity contribution >= 4 is 16.7 Å². The van der Waals surface area contributed by atoms with E-state index >= 15 is 0 Å². The Bertz CT molecular complexity index is 1650. The first kappa shape index (κ1) is 27.2. The van der Waals surface area contributed by atoms with Gasteiger partial charge in [-0.05, 0) is 68.9 Å². The molecule has 0 amide bonds. The molecule has 40 heavy (non-hydrogen) atoms. The maximum absolute atomic E-state index is 13.7. The highest BCUT2D eigenvalue weighted by Gasteiger charge is 2.19. The second-order valence-electron chi connectivity index (χ2n) is 10.8. The Morgan fingerprint density at radius 3 is 2.58 bits per heavy atom. The first-order chi connectivity index (χ1) is 19.3. The zero-order chi connectivity index (χ0) is 28.1. The van der Waals surface area contributed by atoms with Gasteiger partial charge in [0.1, 0.15) is 5.69 Å². The third kappa shape index (κ3) is 6.43. The minimum atomic E-state index is -1.04.